The minimum atomic E-state index is 0.423. The van der Waals surface area contributed by atoms with Crippen molar-refractivity contribution in [3.63, 3.8) is 0 Å². The van der Waals surface area contributed by atoms with E-state index in [0.717, 1.165) is 6.42 Å². The van der Waals surface area contributed by atoms with Gasteiger partial charge in [-0.1, -0.05) is 38.7 Å². The molecule has 0 aliphatic heterocycles. The summed E-state index contributed by atoms with van der Waals surface area (Å²) in [6.07, 6.45) is 8.81. The molecule has 0 aromatic heterocycles. The van der Waals surface area contributed by atoms with E-state index >= 15 is 0 Å². The first kappa shape index (κ1) is 11.2. The fourth-order valence-corrected chi connectivity index (χ4v) is 1.25. The van der Waals surface area contributed by atoms with E-state index in [2.05, 4.69) is 19.6 Å². The Morgan fingerprint density at radius 1 is 1.42 bits per heavy atom. The van der Waals surface area contributed by atoms with Crippen molar-refractivity contribution in [1.82, 2.24) is 0 Å². The summed E-state index contributed by atoms with van der Waals surface area (Å²) in [5, 5.41) is 8.47. The highest BCUT2D eigenvalue weighted by molar-refractivity contribution is 4.86. The Bertz CT molecular complexity index is 144. The van der Waals surface area contributed by atoms with Crippen LogP contribution in [0.1, 0.15) is 45.4 Å². The maximum Gasteiger partial charge on any atom is 0.0627 e. The van der Waals surface area contributed by atoms with E-state index in [1.165, 1.54) is 25.7 Å². The molecule has 0 spiro atoms. The number of unbranched alkanes of at least 4 members (excludes halogenated alkanes) is 3. The summed E-state index contributed by atoms with van der Waals surface area (Å²) in [4.78, 5) is 0. The largest absolute Gasteiger partial charge is 0.198 e. The Hall–Kier alpha value is -0.770. The lowest BCUT2D eigenvalue weighted by atomic mass is 9.98. The first-order valence-electron chi connectivity index (χ1n) is 4.84. The third-order valence-corrected chi connectivity index (χ3v) is 2.12. The predicted octanol–water partition coefficient (Wildman–Crippen LogP) is 3.67. The molecule has 1 atom stereocenters. The highest BCUT2D eigenvalue weighted by atomic mass is 14.2. The van der Waals surface area contributed by atoms with E-state index < -0.39 is 0 Å². The zero-order chi connectivity index (χ0) is 9.23. The molecule has 0 rings (SSSR count). The van der Waals surface area contributed by atoms with Crippen LogP contribution in [0.2, 0.25) is 0 Å². The molecule has 0 radical (unpaired) electrons. The third-order valence-electron chi connectivity index (χ3n) is 2.12. The van der Waals surface area contributed by atoms with Gasteiger partial charge in [0, 0.05) is 6.42 Å². The number of allylic oxidation sites excluding steroid dienone is 1. The topological polar surface area (TPSA) is 23.8 Å². The zero-order valence-electron chi connectivity index (χ0n) is 8.05. The van der Waals surface area contributed by atoms with Crippen LogP contribution in [0.4, 0.5) is 0 Å². The molecule has 1 heteroatoms. The van der Waals surface area contributed by atoms with Crippen LogP contribution in [0, 0.1) is 17.2 Å². The second-order valence-electron chi connectivity index (χ2n) is 3.21. The van der Waals surface area contributed by atoms with Crippen molar-refractivity contribution in [3.05, 3.63) is 12.7 Å². The Balaban J connectivity index is 3.33. The Morgan fingerprint density at radius 3 is 2.67 bits per heavy atom. The summed E-state index contributed by atoms with van der Waals surface area (Å²) >= 11 is 0. The van der Waals surface area contributed by atoms with Gasteiger partial charge in [0.1, 0.15) is 0 Å². The van der Waals surface area contributed by atoms with Crippen LogP contribution >= 0.6 is 0 Å². The number of rotatable bonds is 7. The Labute approximate surface area is 76.1 Å². The molecule has 0 saturated heterocycles. The van der Waals surface area contributed by atoms with E-state index in [0.29, 0.717) is 12.3 Å². The van der Waals surface area contributed by atoms with Crippen LogP contribution in [-0.4, -0.2) is 0 Å². The fourth-order valence-electron chi connectivity index (χ4n) is 1.25. The van der Waals surface area contributed by atoms with Crippen molar-refractivity contribution in [1.29, 1.82) is 5.26 Å². The van der Waals surface area contributed by atoms with Gasteiger partial charge in [-0.25, -0.2) is 0 Å². The summed E-state index contributed by atoms with van der Waals surface area (Å²) in [6.45, 7) is 5.94. The quantitative estimate of drug-likeness (QED) is 0.417. The zero-order valence-corrected chi connectivity index (χ0v) is 8.05. The van der Waals surface area contributed by atoms with Crippen LogP contribution in [0.5, 0.6) is 0 Å². The Kier molecular flexibility index (Phi) is 7.79. The van der Waals surface area contributed by atoms with Gasteiger partial charge in [0.25, 0.3) is 0 Å². The van der Waals surface area contributed by atoms with E-state index in [1.54, 1.807) is 0 Å². The molecule has 68 valence electrons. The molecule has 0 fully saturated rings. The van der Waals surface area contributed by atoms with Crippen molar-refractivity contribution >= 4 is 0 Å². The Morgan fingerprint density at radius 2 is 2.17 bits per heavy atom. The van der Waals surface area contributed by atoms with E-state index in [9.17, 15) is 0 Å². The monoisotopic (exact) mass is 165 g/mol. The van der Waals surface area contributed by atoms with Gasteiger partial charge in [0.15, 0.2) is 0 Å². The molecule has 0 saturated carbocycles. The van der Waals surface area contributed by atoms with Gasteiger partial charge in [-0.3, -0.25) is 0 Å². The van der Waals surface area contributed by atoms with E-state index in [-0.39, 0.29) is 0 Å². The van der Waals surface area contributed by atoms with E-state index in [4.69, 9.17) is 5.26 Å². The summed E-state index contributed by atoms with van der Waals surface area (Å²) in [5.41, 5.74) is 0. The normalized spacial score (nSPS) is 12.0. The molecular formula is C11H19N. The highest BCUT2D eigenvalue weighted by Crippen LogP contribution is 2.14. The lowest BCUT2D eigenvalue weighted by Gasteiger charge is -2.06. The van der Waals surface area contributed by atoms with Gasteiger partial charge in [0.05, 0.1) is 6.07 Å². The minimum absolute atomic E-state index is 0.423. The molecule has 0 aromatic carbocycles. The molecule has 0 bridgehead atoms. The fraction of sp³-hybridized carbons (Fsp3) is 0.727. The summed E-state index contributed by atoms with van der Waals surface area (Å²) < 4.78 is 0. The minimum Gasteiger partial charge on any atom is -0.198 e. The average Bonchev–Trinajstić information content (AvgIpc) is 2.10. The van der Waals surface area contributed by atoms with Gasteiger partial charge in [0.2, 0.25) is 0 Å². The van der Waals surface area contributed by atoms with Gasteiger partial charge in [-0.05, 0) is 12.3 Å². The maximum atomic E-state index is 8.47. The number of hydrogen-bond donors (Lipinski definition) is 0. The molecule has 1 unspecified atom stereocenters. The number of nitriles is 1. The molecule has 0 amide bonds. The molecule has 0 N–H and O–H groups in total. The van der Waals surface area contributed by atoms with E-state index in [1.807, 2.05) is 6.08 Å². The van der Waals surface area contributed by atoms with Gasteiger partial charge in [-0.15, -0.1) is 6.58 Å². The van der Waals surface area contributed by atoms with Crippen LogP contribution < -0.4 is 0 Å². The molecular weight excluding hydrogens is 146 g/mol. The number of hydrogen-bond acceptors (Lipinski definition) is 1. The van der Waals surface area contributed by atoms with Crippen molar-refractivity contribution in [3.8, 4) is 6.07 Å². The van der Waals surface area contributed by atoms with Crippen molar-refractivity contribution in [2.45, 2.75) is 45.4 Å². The molecule has 0 aliphatic carbocycles. The standard InChI is InChI=1S/C11H19N/c1-3-5-6-7-8-11(4-2)9-10-12/h4,11H,2-3,5-9H2,1H3. The highest BCUT2D eigenvalue weighted by Gasteiger charge is 2.01. The van der Waals surface area contributed by atoms with Gasteiger partial charge < -0.3 is 0 Å². The molecule has 0 heterocycles. The maximum absolute atomic E-state index is 8.47. The SMILES string of the molecule is C=CC(CC#N)CCCCCC. The first-order valence-corrected chi connectivity index (χ1v) is 4.84. The van der Waals surface area contributed by atoms with Gasteiger partial charge in [-0.2, -0.15) is 5.26 Å². The molecule has 1 nitrogen and oxygen atoms in total. The molecule has 12 heavy (non-hydrogen) atoms. The lowest BCUT2D eigenvalue weighted by molar-refractivity contribution is 0.538. The second kappa shape index (κ2) is 8.33. The van der Waals surface area contributed by atoms with Gasteiger partial charge >= 0.3 is 0 Å². The van der Waals surface area contributed by atoms with Crippen molar-refractivity contribution in [2.75, 3.05) is 0 Å². The van der Waals surface area contributed by atoms with Crippen molar-refractivity contribution in [2.24, 2.45) is 5.92 Å². The second-order valence-corrected chi connectivity index (χ2v) is 3.21. The summed E-state index contributed by atoms with van der Waals surface area (Å²) in [5.74, 6) is 0.423. The number of nitrogens with zero attached hydrogens (tertiary/aromatic N) is 1. The summed E-state index contributed by atoms with van der Waals surface area (Å²) in [6, 6.07) is 2.19. The van der Waals surface area contributed by atoms with Crippen LogP contribution in [0.25, 0.3) is 0 Å². The smallest absolute Gasteiger partial charge is 0.0627 e. The third kappa shape index (κ3) is 5.97. The van der Waals surface area contributed by atoms with Crippen molar-refractivity contribution < 1.29 is 0 Å². The molecule has 0 aromatic rings. The molecule has 0 aliphatic rings. The van der Waals surface area contributed by atoms with Crippen LogP contribution in [-0.2, 0) is 0 Å². The van der Waals surface area contributed by atoms with Crippen LogP contribution in [0.15, 0.2) is 12.7 Å². The average molecular weight is 165 g/mol. The predicted molar refractivity (Wildman–Crippen MR) is 52.7 cm³/mol. The summed E-state index contributed by atoms with van der Waals surface area (Å²) in [7, 11) is 0. The van der Waals surface area contributed by atoms with Crippen LogP contribution in [0.3, 0.4) is 0 Å². The lowest BCUT2D eigenvalue weighted by Crippen LogP contribution is -1.94. The first-order chi connectivity index (χ1) is 5.85.